The maximum atomic E-state index is 12.1. The molecule has 2 heterocycles. The lowest BCUT2D eigenvalue weighted by Gasteiger charge is -2.49. The summed E-state index contributed by atoms with van der Waals surface area (Å²) in [5, 5.41) is 8.88. The summed E-state index contributed by atoms with van der Waals surface area (Å²) in [7, 11) is 4.05. The highest BCUT2D eigenvalue weighted by Crippen LogP contribution is 2.33. The standard InChI is InChI=1S/C20H29N3O4/c1-21-10-9-20(8-7-18(21)24)15-23(12-11-22(20)2)13-16-5-3-4-6-17(16)27-14-19(25)26/h3-6H,7-15H2,1-2H3,(H,25,26)/t20-/m1/s1. The smallest absolute Gasteiger partial charge is 0.341 e. The van der Waals surface area contributed by atoms with Gasteiger partial charge in [0.25, 0.3) is 0 Å². The molecule has 1 atom stereocenters. The van der Waals surface area contributed by atoms with E-state index in [0.717, 1.165) is 51.1 Å². The zero-order chi connectivity index (χ0) is 19.4. The zero-order valence-electron chi connectivity index (χ0n) is 16.2. The Bertz CT molecular complexity index is 696. The maximum Gasteiger partial charge on any atom is 0.341 e. The van der Waals surface area contributed by atoms with Crippen LogP contribution in [0.1, 0.15) is 24.8 Å². The van der Waals surface area contributed by atoms with Crippen LogP contribution in [0.3, 0.4) is 0 Å². The number of carbonyl (C=O) groups is 2. The minimum atomic E-state index is -0.976. The lowest BCUT2D eigenvalue weighted by Crippen LogP contribution is -2.60. The van der Waals surface area contributed by atoms with E-state index in [1.165, 1.54) is 0 Å². The second kappa shape index (κ2) is 8.27. The van der Waals surface area contributed by atoms with Gasteiger partial charge in [-0.1, -0.05) is 18.2 Å². The molecule has 7 heteroatoms. The van der Waals surface area contributed by atoms with Crippen molar-refractivity contribution in [1.82, 2.24) is 14.7 Å². The van der Waals surface area contributed by atoms with E-state index in [-0.39, 0.29) is 18.1 Å². The summed E-state index contributed by atoms with van der Waals surface area (Å²) in [6.45, 7) is 3.96. The van der Waals surface area contributed by atoms with Crippen molar-refractivity contribution in [3.8, 4) is 5.75 Å². The fourth-order valence-electron chi connectivity index (χ4n) is 4.13. The van der Waals surface area contributed by atoms with Crippen molar-refractivity contribution in [3.63, 3.8) is 0 Å². The molecule has 1 aromatic rings. The number of likely N-dealkylation sites (tertiary alicyclic amines) is 1. The molecular weight excluding hydrogens is 346 g/mol. The predicted octanol–water partition coefficient (Wildman–Crippen LogP) is 1.28. The first-order valence-corrected chi connectivity index (χ1v) is 9.50. The number of ether oxygens (including phenoxy) is 1. The molecule has 1 spiro atoms. The lowest BCUT2D eigenvalue weighted by molar-refractivity contribution is -0.139. The Morgan fingerprint density at radius 1 is 1.19 bits per heavy atom. The first-order valence-electron chi connectivity index (χ1n) is 9.50. The number of carbonyl (C=O) groups excluding carboxylic acids is 1. The van der Waals surface area contributed by atoms with Crippen LogP contribution in [0, 0.1) is 0 Å². The quantitative estimate of drug-likeness (QED) is 0.836. The highest BCUT2D eigenvalue weighted by Gasteiger charge is 2.41. The van der Waals surface area contributed by atoms with Crippen molar-refractivity contribution >= 4 is 11.9 Å². The van der Waals surface area contributed by atoms with Crippen LogP contribution in [0.25, 0.3) is 0 Å². The Morgan fingerprint density at radius 3 is 2.74 bits per heavy atom. The van der Waals surface area contributed by atoms with Crippen molar-refractivity contribution < 1.29 is 19.4 Å². The number of carboxylic acids is 1. The molecule has 27 heavy (non-hydrogen) atoms. The number of hydrogen-bond donors (Lipinski definition) is 1. The van der Waals surface area contributed by atoms with E-state index in [1.54, 1.807) is 0 Å². The van der Waals surface area contributed by atoms with Gasteiger partial charge in [0.05, 0.1) is 0 Å². The van der Waals surface area contributed by atoms with E-state index >= 15 is 0 Å². The van der Waals surface area contributed by atoms with Crippen molar-refractivity contribution in [3.05, 3.63) is 29.8 Å². The van der Waals surface area contributed by atoms with Crippen LogP contribution in [0.5, 0.6) is 5.75 Å². The van der Waals surface area contributed by atoms with E-state index in [1.807, 2.05) is 36.2 Å². The molecule has 0 aromatic heterocycles. The third-order valence-corrected chi connectivity index (χ3v) is 5.94. The SMILES string of the molecule is CN1CC[C@]2(CCC1=O)CN(Cc1ccccc1OCC(=O)O)CCN2C. The molecule has 7 nitrogen and oxygen atoms in total. The van der Waals surface area contributed by atoms with Crippen LogP contribution in [0.2, 0.25) is 0 Å². The van der Waals surface area contributed by atoms with Gasteiger partial charge in [0.2, 0.25) is 5.91 Å². The van der Waals surface area contributed by atoms with Crippen molar-refractivity contribution in [2.75, 3.05) is 46.9 Å². The molecular formula is C20H29N3O4. The van der Waals surface area contributed by atoms with E-state index < -0.39 is 5.97 Å². The Labute approximate surface area is 160 Å². The molecule has 1 amide bonds. The van der Waals surface area contributed by atoms with Gasteiger partial charge in [-0.3, -0.25) is 14.6 Å². The summed E-state index contributed by atoms with van der Waals surface area (Å²) in [5.74, 6) is -0.121. The third kappa shape index (κ3) is 4.59. The van der Waals surface area contributed by atoms with E-state index in [4.69, 9.17) is 9.84 Å². The summed E-state index contributed by atoms with van der Waals surface area (Å²) >= 11 is 0. The van der Waals surface area contributed by atoms with Crippen LogP contribution in [0.4, 0.5) is 0 Å². The molecule has 0 saturated carbocycles. The summed E-state index contributed by atoms with van der Waals surface area (Å²) in [6.07, 6.45) is 2.44. The number of rotatable bonds is 5. The Balaban J connectivity index is 1.72. The Hall–Kier alpha value is -2.12. The van der Waals surface area contributed by atoms with Crippen LogP contribution in [-0.2, 0) is 16.1 Å². The molecule has 0 radical (unpaired) electrons. The minimum absolute atomic E-state index is 0.00946. The topological polar surface area (TPSA) is 73.3 Å². The number of amides is 1. The fraction of sp³-hybridized carbons (Fsp3) is 0.600. The van der Waals surface area contributed by atoms with Gasteiger partial charge < -0.3 is 14.7 Å². The average molecular weight is 375 g/mol. The summed E-state index contributed by atoms with van der Waals surface area (Å²) in [5.41, 5.74) is 1.01. The molecule has 1 aromatic carbocycles. The number of benzene rings is 1. The van der Waals surface area contributed by atoms with Gasteiger partial charge in [0, 0.05) is 57.3 Å². The maximum absolute atomic E-state index is 12.1. The molecule has 3 rings (SSSR count). The summed E-state index contributed by atoms with van der Waals surface area (Å²) in [4.78, 5) is 29.6. The molecule has 2 saturated heterocycles. The average Bonchev–Trinajstić information content (AvgIpc) is 2.79. The molecule has 1 N–H and O–H groups in total. The van der Waals surface area contributed by atoms with Crippen LogP contribution >= 0.6 is 0 Å². The molecule has 0 aliphatic carbocycles. The molecule has 2 fully saturated rings. The highest BCUT2D eigenvalue weighted by atomic mass is 16.5. The molecule has 148 valence electrons. The first-order chi connectivity index (χ1) is 12.9. The highest BCUT2D eigenvalue weighted by molar-refractivity contribution is 5.76. The Kier molecular flexibility index (Phi) is 6.01. The van der Waals surface area contributed by atoms with Crippen molar-refractivity contribution in [2.24, 2.45) is 0 Å². The van der Waals surface area contributed by atoms with Gasteiger partial charge in [0.15, 0.2) is 6.61 Å². The third-order valence-electron chi connectivity index (χ3n) is 5.94. The Morgan fingerprint density at radius 2 is 1.96 bits per heavy atom. The van der Waals surface area contributed by atoms with Crippen molar-refractivity contribution in [2.45, 2.75) is 31.3 Å². The zero-order valence-corrected chi connectivity index (χ0v) is 16.2. The van der Waals surface area contributed by atoms with Gasteiger partial charge in [-0.05, 0) is 26.0 Å². The number of piperazine rings is 1. The number of aliphatic carboxylic acids is 1. The van der Waals surface area contributed by atoms with Crippen molar-refractivity contribution in [1.29, 1.82) is 0 Å². The minimum Gasteiger partial charge on any atom is -0.482 e. The lowest BCUT2D eigenvalue weighted by atomic mass is 9.86. The monoisotopic (exact) mass is 375 g/mol. The fourth-order valence-corrected chi connectivity index (χ4v) is 4.13. The van der Waals surface area contributed by atoms with E-state index in [2.05, 4.69) is 16.8 Å². The van der Waals surface area contributed by atoms with Gasteiger partial charge >= 0.3 is 5.97 Å². The summed E-state index contributed by atoms with van der Waals surface area (Å²) in [6, 6.07) is 7.63. The van der Waals surface area contributed by atoms with E-state index in [9.17, 15) is 9.59 Å². The normalized spacial score (nSPS) is 24.8. The van der Waals surface area contributed by atoms with Crippen LogP contribution < -0.4 is 4.74 Å². The number of para-hydroxylation sites is 1. The first kappa shape index (κ1) is 19.6. The molecule has 2 aliphatic rings. The second-order valence-corrected chi connectivity index (χ2v) is 7.71. The van der Waals surface area contributed by atoms with Crippen LogP contribution in [0.15, 0.2) is 24.3 Å². The molecule has 2 aliphatic heterocycles. The number of likely N-dealkylation sites (N-methyl/N-ethyl adjacent to an activating group) is 1. The second-order valence-electron chi connectivity index (χ2n) is 7.71. The van der Waals surface area contributed by atoms with Gasteiger partial charge in [-0.15, -0.1) is 0 Å². The van der Waals surface area contributed by atoms with Gasteiger partial charge in [-0.25, -0.2) is 4.79 Å². The van der Waals surface area contributed by atoms with E-state index in [0.29, 0.717) is 12.2 Å². The number of nitrogens with zero attached hydrogens (tertiary/aromatic N) is 3. The summed E-state index contributed by atoms with van der Waals surface area (Å²) < 4.78 is 5.46. The van der Waals surface area contributed by atoms with Gasteiger partial charge in [-0.2, -0.15) is 0 Å². The predicted molar refractivity (Wildman–Crippen MR) is 102 cm³/mol. The number of hydrogen-bond acceptors (Lipinski definition) is 5. The molecule has 0 bridgehead atoms. The number of carboxylic acid groups (broad SMARTS) is 1. The van der Waals surface area contributed by atoms with Gasteiger partial charge in [0.1, 0.15) is 5.75 Å². The largest absolute Gasteiger partial charge is 0.482 e. The van der Waals surface area contributed by atoms with Crippen LogP contribution in [-0.4, -0.2) is 84.1 Å². The molecule has 0 unspecified atom stereocenters.